The zero-order chi connectivity index (χ0) is 24.0. The molecule has 0 fully saturated rings. The number of amides is 2. The second-order valence-corrected chi connectivity index (χ2v) is 10.0. The van der Waals surface area contributed by atoms with E-state index in [1.165, 1.54) is 0 Å². The third-order valence-electron chi connectivity index (χ3n) is 6.57. The highest BCUT2D eigenvalue weighted by atomic mass is 16.3. The molecule has 5 rings (SSSR count). The number of hydrogen-bond donors (Lipinski definition) is 2. The lowest BCUT2D eigenvalue weighted by atomic mass is 9.74. The van der Waals surface area contributed by atoms with Crippen LogP contribution in [0.25, 0.3) is 0 Å². The van der Waals surface area contributed by atoms with Crippen molar-refractivity contribution in [1.29, 1.82) is 0 Å². The standard InChI is InChI=1S/C28H29N3O3/c1-17-11-12-18(2)20(14-17)30-27(33)31-22-9-6-5-8-19(22)29-21-15-28(3,4)16-23(32)25(21)26(31)24-10-7-13-34-24/h5-14,26,29H,15-16H2,1-4H3,(H,30,33). The number of anilines is 3. The Kier molecular flexibility index (Phi) is 5.31. The summed E-state index contributed by atoms with van der Waals surface area (Å²) in [5, 5.41) is 6.60. The molecule has 2 heterocycles. The van der Waals surface area contributed by atoms with Crippen molar-refractivity contribution in [1.82, 2.24) is 0 Å². The van der Waals surface area contributed by atoms with Crippen molar-refractivity contribution < 1.29 is 14.0 Å². The molecule has 2 aromatic carbocycles. The van der Waals surface area contributed by atoms with Crippen LogP contribution in [0.15, 0.2) is 76.5 Å². The average Bonchev–Trinajstić information content (AvgIpc) is 3.25. The predicted molar refractivity (Wildman–Crippen MR) is 134 cm³/mol. The van der Waals surface area contributed by atoms with Gasteiger partial charge in [0.2, 0.25) is 0 Å². The molecule has 6 nitrogen and oxygen atoms in total. The van der Waals surface area contributed by atoms with Gasteiger partial charge in [-0.3, -0.25) is 9.69 Å². The minimum atomic E-state index is -0.685. The molecule has 1 aliphatic heterocycles. The number of hydrogen-bond acceptors (Lipinski definition) is 4. The quantitative estimate of drug-likeness (QED) is 0.448. The van der Waals surface area contributed by atoms with Crippen LogP contribution in [-0.2, 0) is 4.79 Å². The monoisotopic (exact) mass is 455 g/mol. The van der Waals surface area contributed by atoms with Gasteiger partial charge in [-0.05, 0) is 67.1 Å². The molecule has 0 saturated heterocycles. The van der Waals surface area contributed by atoms with Crippen molar-refractivity contribution in [3.05, 3.63) is 89.0 Å². The second kappa shape index (κ2) is 8.20. The first-order chi connectivity index (χ1) is 16.2. The van der Waals surface area contributed by atoms with Gasteiger partial charge in [-0.1, -0.05) is 38.1 Å². The molecule has 6 heteroatoms. The third-order valence-corrected chi connectivity index (χ3v) is 6.57. The van der Waals surface area contributed by atoms with Crippen LogP contribution in [0, 0.1) is 19.3 Å². The number of benzene rings is 2. The number of aryl methyl sites for hydroxylation is 2. The highest BCUT2D eigenvalue weighted by Crippen LogP contribution is 2.48. The van der Waals surface area contributed by atoms with Gasteiger partial charge in [0.15, 0.2) is 5.78 Å². The number of nitrogens with zero attached hydrogens (tertiary/aromatic N) is 1. The van der Waals surface area contributed by atoms with Crippen molar-refractivity contribution in [2.24, 2.45) is 5.41 Å². The highest BCUT2D eigenvalue weighted by Gasteiger charge is 2.44. The van der Waals surface area contributed by atoms with Crippen molar-refractivity contribution in [2.75, 3.05) is 15.5 Å². The number of rotatable bonds is 2. The van der Waals surface area contributed by atoms with Crippen molar-refractivity contribution in [3.8, 4) is 0 Å². The van der Waals surface area contributed by atoms with E-state index in [4.69, 9.17) is 4.42 Å². The normalized spacial score (nSPS) is 19.1. The Morgan fingerprint density at radius 3 is 2.65 bits per heavy atom. The van der Waals surface area contributed by atoms with E-state index in [2.05, 4.69) is 24.5 Å². The fraction of sp³-hybridized carbons (Fsp3) is 0.286. The molecule has 1 unspecified atom stereocenters. The highest BCUT2D eigenvalue weighted by molar-refractivity contribution is 6.09. The maximum atomic E-state index is 14.0. The van der Waals surface area contributed by atoms with E-state index in [9.17, 15) is 9.59 Å². The van der Waals surface area contributed by atoms with E-state index in [0.29, 0.717) is 29.9 Å². The average molecular weight is 456 g/mol. The molecule has 0 bridgehead atoms. The van der Waals surface area contributed by atoms with Crippen molar-refractivity contribution in [2.45, 2.75) is 46.6 Å². The largest absolute Gasteiger partial charge is 0.467 e. The summed E-state index contributed by atoms with van der Waals surface area (Å²) in [6.45, 7) is 8.15. The van der Waals surface area contributed by atoms with Gasteiger partial charge in [-0.2, -0.15) is 0 Å². The molecule has 0 radical (unpaired) electrons. The van der Waals surface area contributed by atoms with E-state index in [0.717, 1.165) is 28.2 Å². The first kappa shape index (κ1) is 22.0. The van der Waals surface area contributed by atoms with E-state index < -0.39 is 6.04 Å². The van der Waals surface area contributed by atoms with Gasteiger partial charge < -0.3 is 15.1 Å². The molecule has 3 aromatic rings. The molecule has 1 aliphatic carbocycles. The molecule has 1 atom stereocenters. The molecule has 2 aliphatic rings. The summed E-state index contributed by atoms with van der Waals surface area (Å²) in [5.74, 6) is 0.577. The zero-order valence-electron chi connectivity index (χ0n) is 19.9. The SMILES string of the molecule is Cc1ccc(C)c(NC(=O)N2c3ccccc3NC3=C(C(=O)CC(C)(C)C3)C2c2ccco2)c1. The summed E-state index contributed by atoms with van der Waals surface area (Å²) in [5.41, 5.74) is 5.47. The van der Waals surface area contributed by atoms with Crippen molar-refractivity contribution in [3.63, 3.8) is 0 Å². The first-order valence-electron chi connectivity index (χ1n) is 11.6. The number of furan rings is 1. The Morgan fingerprint density at radius 1 is 1.09 bits per heavy atom. The molecule has 2 N–H and O–H groups in total. The number of allylic oxidation sites excluding steroid dienone is 1. The van der Waals surface area contributed by atoms with Crippen molar-refractivity contribution >= 4 is 28.9 Å². The Labute approximate surface area is 199 Å². The van der Waals surface area contributed by atoms with Gasteiger partial charge in [-0.25, -0.2) is 4.79 Å². The van der Waals surface area contributed by atoms with Gasteiger partial charge in [0.05, 0.1) is 17.6 Å². The topological polar surface area (TPSA) is 74.6 Å². The van der Waals surface area contributed by atoms with E-state index in [1.807, 2.05) is 62.4 Å². The molecule has 0 spiro atoms. The maximum Gasteiger partial charge on any atom is 0.327 e. The summed E-state index contributed by atoms with van der Waals surface area (Å²) in [7, 11) is 0. The van der Waals surface area contributed by atoms with E-state index in [1.54, 1.807) is 17.2 Å². The van der Waals surface area contributed by atoms with Crippen LogP contribution in [0.3, 0.4) is 0 Å². The number of Topliss-reactive ketones (excluding diaryl/α,β-unsaturated/α-hetero) is 1. The van der Waals surface area contributed by atoms with Crippen LogP contribution in [0.2, 0.25) is 0 Å². The lowest BCUT2D eigenvalue weighted by molar-refractivity contribution is -0.118. The van der Waals surface area contributed by atoms with Gasteiger partial charge >= 0.3 is 6.03 Å². The molecular formula is C28H29N3O3. The molecule has 34 heavy (non-hydrogen) atoms. The molecule has 2 amide bonds. The molecular weight excluding hydrogens is 426 g/mol. The zero-order valence-corrected chi connectivity index (χ0v) is 19.9. The van der Waals surface area contributed by atoms with Crippen LogP contribution >= 0.6 is 0 Å². The summed E-state index contributed by atoms with van der Waals surface area (Å²) in [6.07, 6.45) is 2.69. The molecule has 1 aromatic heterocycles. The minimum Gasteiger partial charge on any atom is -0.467 e. The molecule has 174 valence electrons. The maximum absolute atomic E-state index is 14.0. The minimum absolute atomic E-state index is 0.0255. The Morgan fingerprint density at radius 2 is 1.88 bits per heavy atom. The number of carbonyl (C=O) groups is 2. The third kappa shape index (κ3) is 3.89. The van der Waals surface area contributed by atoms with Gasteiger partial charge in [0, 0.05) is 23.4 Å². The summed E-state index contributed by atoms with van der Waals surface area (Å²) < 4.78 is 5.83. The van der Waals surface area contributed by atoms with Crippen LogP contribution in [0.1, 0.15) is 49.6 Å². The number of carbonyl (C=O) groups excluding carboxylic acids is 2. The van der Waals surface area contributed by atoms with Gasteiger partial charge in [0.1, 0.15) is 11.8 Å². The van der Waals surface area contributed by atoms with E-state index in [-0.39, 0.29) is 17.2 Å². The lowest BCUT2D eigenvalue weighted by Gasteiger charge is -2.36. The lowest BCUT2D eigenvalue weighted by Crippen LogP contribution is -2.41. The first-order valence-corrected chi connectivity index (χ1v) is 11.6. The Balaban J connectivity index is 1.69. The predicted octanol–water partition coefficient (Wildman–Crippen LogP) is 6.74. The summed E-state index contributed by atoms with van der Waals surface area (Å²) in [4.78, 5) is 29.2. The van der Waals surface area contributed by atoms with Crippen LogP contribution < -0.4 is 15.5 Å². The Hall–Kier alpha value is -3.80. The van der Waals surface area contributed by atoms with Gasteiger partial charge in [-0.15, -0.1) is 0 Å². The smallest absolute Gasteiger partial charge is 0.327 e. The van der Waals surface area contributed by atoms with E-state index >= 15 is 0 Å². The summed E-state index contributed by atoms with van der Waals surface area (Å²) in [6, 6.07) is 16.2. The van der Waals surface area contributed by atoms with Crippen LogP contribution in [-0.4, -0.2) is 11.8 Å². The number of para-hydroxylation sites is 2. The number of ketones is 1. The number of nitrogens with one attached hydrogen (secondary N) is 2. The van der Waals surface area contributed by atoms with Gasteiger partial charge in [0.25, 0.3) is 0 Å². The number of urea groups is 1. The fourth-order valence-corrected chi connectivity index (χ4v) is 4.97. The van der Waals surface area contributed by atoms with Crippen LogP contribution in [0.4, 0.5) is 21.9 Å². The molecule has 0 saturated carbocycles. The Bertz CT molecular complexity index is 1300. The van der Waals surface area contributed by atoms with Crippen LogP contribution in [0.5, 0.6) is 0 Å². The number of fused-ring (bicyclic) bond motifs is 1. The fourth-order valence-electron chi connectivity index (χ4n) is 4.97. The summed E-state index contributed by atoms with van der Waals surface area (Å²) >= 11 is 0. The second-order valence-electron chi connectivity index (χ2n) is 10.0.